The number of ether oxygens (including phenoxy) is 1. The number of carboxylic acids is 1. The van der Waals surface area contributed by atoms with Crippen LogP contribution in [0.5, 0.6) is 0 Å². The van der Waals surface area contributed by atoms with Crippen molar-refractivity contribution in [2.24, 2.45) is 0 Å². The molecule has 1 amide bonds. The number of aliphatic hydroxyl groups is 1. The van der Waals surface area contributed by atoms with Crippen LogP contribution in [0.15, 0.2) is 54.3 Å². The molecule has 0 saturated carbocycles. The Morgan fingerprint density at radius 1 is 1.21 bits per heavy atom. The average molecular weight is 452 g/mol. The molecule has 8 heteroatoms. The van der Waals surface area contributed by atoms with E-state index >= 15 is 0 Å². The van der Waals surface area contributed by atoms with Gasteiger partial charge in [-0.3, -0.25) is 14.9 Å². The van der Waals surface area contributed by atoms with Crippen molar-refractivity contribution in [1.29, 1.82) is 0 Å². The van der Waals surface area contributed by atoms with Gasteiger partial charge in [-0.25, -0.2) is 4.39 Å². The Labute approximate surface area is 190 Å². The molecule has 0 unspecified atom stereocenters. The smallest absolute Gasteiger partial charge is 0.323 e. The predicted molar refractivity (Wildman–Crippen MR) is 121 cm³/mol. The molecule has 4 N–H and O–H groups in total. The van der Waals surface area contributed by atoms with Crippen LogP contribution in [-0.4, -0.2) is 39.8 Å². The van der Waals surface area contributed by atoms with Gasteiger partial charge in [-0.05, 0) is 56.2 Å². The summed E-state index contributed by atoms with van der Waals surface area (Å²) in [5.74, 6) is -1.51. The molecular formula is C25H25FN2O5. The van der Waals surface area contributed by atoms with Crippen molar-refractivity contribution in [3.05, 3.63) is 76.8 Å². The highest BCUT2D eigenvalue weighted by atomic mass is 19.1. The number of benzene rings is 2. The van der Waals surface area contributed by atoms with Gasteiger partial charge in [0.1, 0.15) is 23.2 Å². The van der Waals surface area contributed by atoms with Gasteiger partial charge in [0.15, 0.2) is 0 Å². The minimum absolute atomic E-state index is 0.277. The molecule has 2 heterocycles. The maximum atomic E-state index is 13.8. The van der Waals surface area contributed by atoms with Crippen LogP contribution in [0.3, 0.4) is 0 Å². The maximum Gasteiger partial charge on any atom is 0.323 e. The molecule has 2 aliphatic heterocycles. The summed E-state index contributed by atoms with van der Waals surface area (Å²) in [4.78, 5) is 23.8. The molecule has 0 radical (unpaired) electrons. The minimum Gasteiger partial charge on any atom is -0.482 e. The van der Waals surface area contributed by atoms with E-state index in [1.165, 1.54) is 25.1 Å². The molecule has 0 bridgehead atoms. The van der Waals surface area contributed by atoms with Gasteiger partial charge in [-0.15, -0.1) is 0 Å². The lowest BCUT2D eigenvalue weighted by molar-refractivity contribution is -0.142. The number of carbonyl (C=O) groups excluding carboxylic acids is 1. The van der Waals surface area contributed by atoms with Gasteiger partial charge < -0.3 is 20.3 Å². The molecule has 2 aromatic carbocycles. The number of amides is 1. The lowest BCUT2D eigenvalue weighted by Gasteiger charge is -2.23. The third kappa shape index (κ3) is 4.40. The first-order valence-corrected chi connectivity index (χ1v) is 10.6. The summed E-state index contributed by atoms with van der Waals surface area (Å²) in [6.07, 6.45) is 0.775. The Bertz CT molecular complexity index is 1180. The van der Waals surface area contributed by atoms with Crippen LogP contribution in [0.4, 0.5) is 10.1 Å². The van der Waals surface area contributed by atoms with E-state index in [1.807, 2.05) is 38.1 Å². The van der Waals surface area contributed by atoms with Crippen LogP contribution in [0.25, 0.3) is 11.1 Å². The Balaban J connectivity index is 1.61. The Morgan fingerprint density at radius 2 is 1.91 bits per heavy atom. The second-order valence-corrected chi connectivity index (χ2v) is 8.69. The summed E-state index contributed by atoms with van der Waals surface area (Å²) in [6, 6.07) is 10.6. The van der Waals surface area contributed by atoms with E-state index in [4.69, 9.17) is 4.74 Å². The quantitative estimate of drug-likeness (QED) is 0.501. The van der Waals surface area contributed by atoms with E-state index in [0.29, 0.717) is 22.6 Å². The van der Waals surface area contributed by atoms with Gasteiger partial charge in [-0.1, -0.05) is 24.3 Å². The molecule has 7 nitrogen and oxygen atoms in total. The number of carboxylic acid groups (broad SMARTS) is 1. The zero-order valence-electron chi connectivity index (χ0n) is 18.5. The van der Waals surface area contributed by atoms with Gasteiger partial charge in [0.2, 0.25) is 0 Å². The lowest BCUT2D eigenvalue weighted by atomic mass is 9.91. The number of aliphatic hydroxyl groups excluding tert-OH is 1. The highest BCUT2D eigenvalue weighted by molar-refractivity contribution is 6.32. The van der Waals surface area contributed by atoms with Crippen LogP contribution in [0, 0.1) is 5.82 Å². The van der Waals surface area contributed by atoms with Crippen molar-refractivity contribution in [2.45, 2.75) is 45.1 Å². The molecule has 4 rings (SSSR count). The van der Waals surface area contributed by atoms with Gasteiger partial charge in [0, 0.05) is 23.4 Å². The van der Waals surface area contributed by atoms with Gasteiger partial charge in [0.05, 0.1) is 11.7 Å². The fourth-order valence-electron chi connectivity index (χ4n) is 4.10. The van der Waals surface area contributed by atoms with E-state index in [9.17, 15) is 24.2 Å². The molecule has 0 aromatic heterocycles. The van der Waals surface area contributed by atoms with Crippen molar-refractivity contribution in [1.82, 2.24) is 5.32 Å². The van der Waals surface area contributed by atoms with Crippen LogP contribution in [-0.2, 0) is 20.9 Å². The first-order valence-electron chi connectivity index (χ1n) is 10.6. The third-order valence-electron chi connectivity index (χ3n) is 5.80. The summed E-state index contributed by atoms with van der Waals surface area (Å²) in [7, 11) is 0. The summed E-state index contributed by atoms with van der Waals surface area (Å²) in [5, 5.41) is 24.3. The van der Waals surface area contributed by atoms with Crippen molar-refractivity contribution < 1.29 is 28.9 Å². The number of carbonyl (C=O) groups is 2. The van der Waals surface area contributed by atoms with Crippen LogP contribution in [0.1, 0.15) is 37.5 Å². The lowest BCUT2D eigenvalue weighted by Crippen LogP contribution is -2.44. The van der Waals surface area contributed by atoms with E-state index in [2.05, 4.69) is 10.6 Å². The number of anilines is 1. The highest BCUT2D eigenvalue weighted by Crippen LogP contribution is 2.44. The average Bonchev–Trinajstić information content (AvgIpc) is 3.22. The molecule has 0 saturated heterocycles. The standard InChI is InChI=1S/C25H25FN2O5/c1-13(29)22(24(31)32)27-12-14-4-6-15(7-5-14)18-11-20(33-25(18,2)3)21-17-10-16(26)8-9-19(17)28-23(21)30/h4-11,13,22,27,29H,12H2,1-3H3,(H,28,30)(H,31,32)/b21-20+/t13-,22+/m1/s1. The second-order valence-electron chi connectivity index (χ2n) is 8.69. The zero-order valence-corrected chi connectivity index (χ0v) is 18.5. The molecular weight excluding hydrogens is 427 g/mol. The number of aliphatic carboxylic acids is 1. The monoisotopic (exact) mass is 452 g/mol. The van der Waals surface area contributed by atoms with Gasteiger partial charge in [-0.2, -0.15) is 0 Å². The number of nitrogens with one attached hydrogen (secondary N) is 2. The SMILES string of the molecule is C[C@@H](O)[C@H](NCc1ccc(C2=C/C(=C3\C(=O)Nc4ccc(F)cc43)OC2(C)C)cc1)C(=O)O. The largest absolute Gasteiger partial charge is 0.482 e. The predicted octanol–water partition coefficient (Wildman–Crippen LogP) is 3.30. The summed E-state index contributed by atoms with van der Waals surface area (Å²) >= 11 is 0. The number of fused-ring (bicyclic) bond motifs is 1. The zero-order chi connectivity index (χ0) is 23.9. The van der Waals surface area contributed by atoms with Crippen LogP contribution >= 0.6 is 0 Å². The molecule has 0 spiro atoms. The topological polar surface area (TPSA) is 108 Å². The van der Waals surface area contributed by atoms with Crippen molar-refractivity contribution in [3.63, 3.8) is 0 Å². The Kier molecular flexibility index (Phi) is 5.82. The number of allylic oxidation sites excluding steroid dienone is 1. The van der Waals surface area contributed by atoms with Crippen LogP contribution in [0.2, 0.25) is 0 Å². The normalized spacial score (nSPS) is 20.5. The number of hydrogen-bond acceptors (Lipinski definition) is 5. The first kappa shape index (κ1) is 22.7. The molecule has 172 valence electrons. The van der Waals surface area contributed by atoms with E-state index in [1.54, 1.807) is 6.08 Å². The van der Waals surface area contributed by atoms with Gasteiger partial charge in [0.25, 0.3) is 5.91 Å². The fourth-order valence-corrected chi connectivity index (χ4v) is 4.10. The number of halogens is 1. The van der Waals surface area contributed by atoms with Gasteiger partial charge >= 0.3 is 5.97 Å². The fraction of sp³-hybridized carbons (Fsp3) is 0.280. The first-order chi connectivity index (χ1) is 15.6. The van der Waals surface area contributed by atoms with E-state index in [-0.39, 0.29) is 12.5 Å². The Hall–Kier alpha value is -3.49. The second kappa shape index (κ2) is 8.46. The summed E-state index contributed by atoms with van der Waals surface area (Å²) < 4.78 is 19.9. The van der Waals surface area contributed by atoms with Crippen LogP contribution < -0.4 is 10.6 Å². The molecule has 2 atom stereocenters. The maximum absolute atomic E-state index is 13.8. The molecule has 0 fully saturated rings. The molecule has 2 aromatic rings. The Morgan fingerprint density at radius 3 is 2.55 bits per heavy atom. The van der Waals surface area contributed by atoms with Crippen molar-refractivity contribution >= 4 is 28.7 Å². The van der Waals surface area contributed by atoms with Crippen molar-refractivity contribution in [2.75, 3.05) is 5.32 Å². The molecule has 2 aliphatic rings. The molecule has 0 aliphatic carbocycles. The van der Waals surface area contributed by atoms with E-state index < -0.39 is 29.5 Å². The highest BCUT2D eigenvalue weighted by Gasteiger charge is 2.38. The number of rotatable bonds is 6. The summed E-state index contributed by atoms with van der Waals surface area (Å²) in [5.41, 5.74) is 3.17. The molecule has 33 heavy (non-hydrogen) atoms. The number of hydrogen-bond donors (Lipinski definition) is 4. The van der Waals surface area contributed by atoms with Crippen molar-refractivity contribution in [3.8, 4) is 0 Å². The summed E-state index contributed by atoms with van der Waals surface area (Å²) in [6.45, 7) is 5.48. The third-order valence-corrected chi connectivity index (χ3v) is 5.80. The van der Waals surface area contributed by atoms with E-state index in [0.717, 1.165) is 16.7 Å². The minimum atomic E-state index is -1.12.